The van der Waals surface area contributed by atoms with E-state index in [1.165, 1.54) is 0 Å². The molecule has 0 unspecified atom stereocenters. The molecule has 82 valence electrons. The van der Waals surface area contributed by atoms with Crippen molar-refractivity contribution >= 4 is 27.7 Å². The number of hydrazine groups is 1. The number of hydrogen-bond donors (Lipinski definition) is 4. The van der Waals surface area contributed by atoms with Crippen molar-refractivity contribution in [1.82, 2.24) is 9.97 Å². The molecule has 15 heavy (non-hydrogen) atoms. The molecule has 5 N–H and O–H groups in total. The van der Waals surface area contributed by atoms with Crippen molar-refractivity contribution in [2.75, 3.05) is 10.7 Å². The van der Waals surface area contributed by atoms with Gasteiger partial charge in [0.2, 0.25) is 5.95 Å². The summed E-state index contributed by atoms with van der Waals surface area (Å²) in [6, 6.07) is 0.275. The monoisotopic (exact) mass is 273 g/mol. The molecule has 1 aromatic heterocycles. The molecule has 1 fully saturated rings. The molecule has 1 aliphatic carbocycles. The van der Waals surface area contributed by atoms with E-state index < -0.39 is 0 Å². The fourth-order valence-corrected chi connectivity index (χ4v) is 1.74. The van der Waals surface area contributed by atoms with Gasteiger partial charge in [0.15, 0.2) is 0 Å². The molecule has 1 heterocycles. The Balaban J connectivity index is 2.06. The van der Waals surface area contributed by atoms with Crippen LogP contribution in [0.5, 0.6) is 0 Å². The maximum Gasteiger partial charge on any atom is 0.239 e. The fraction of sp³-hybridized carbons (Fsp3) is 0.500. The highest BCUT2D eigenvalue weighted by Crippen LogP contribution is 2.27. The minimum atomic E-state index is -0.185. The van der Waals surface area contributed by atoms with Crippen LogP contribution in [0.1, 0.15) is 12.8 Å². The Kier molecular flexibility index (Phi) is 3.03. The number of rotatable bonds is 3. The number of halogens is 1. The first-order valence-electron chi connectivity index (χ1n) is 4.63. The van der Waals surface area contributed by atoms with Crippen LogP contribution >= 0.6 is 15.9 Å². The number of nitrogen functional groups attached to an aromatic ring is 1. The maximum atomic E-state index is 9.15. The van der Waals surface area contributed by atoms with Gasteiger partial charge in [-0.15, -0.1) is 0 Å². The lowest BCUT2D eigenvalue weighted by Crippen LogP contribution is -2.39. The summed E-state index contributed by atoms with van der Waals surface area (Å²) in [5.41, 5.74) is 2.38. The van der Waals surface area contributed by atoms with Gasteiger partial charge in [-0.25, -0.2) is 10.8 Å². The Morgan fingerprint density at radius 1 is 1.53 bits per heavy atom. The third-order valence-electron chi connectivity index (χ3n) is 2.33. The van der Waals surface area contributed by atoms with Gasteiger partial charge >= 0.3 is 0 Å². The summed E-state index contributed by atoms with van der Waals surface area (Å²) in [6.45, 7) is 0. The predicted molar refractivity (Wildman–Crippen MR) is 60.2 cm³/mol. The highest BCUT2D eigenvalue weighted by molar-refractivity contribution is 9.10. The van der Waals surface area contributed by atoms with Crippen LogP contribution in [-0.4, -0.2) is 27.2 Å². The van der Waals surface area contributed by atoms with E-state index in [1.54, 1.807) is 6.20 Å². The molecule has 0 saturated heterocycles. The van der Waals surface area contributed by atoms with Gasteiger partial charge in [0.05, 0.1) is 10.6 Å². The average molecular weight is 274 g/mol. The molecule has 0 atom stereocenters. The Bertz CT molecular complexity index is 355. The minimum absolute atomic E-state index is 0.185. The number of aliphatic hydroxyl groups excluding tert-OH is 1. The molecule has 0 aliphatic heterocycles. The number of nitrogens with two attached hydrogens (primary N) is 1. The van der Waals surface area contributed by atoms with Gasteiger partial charge in [0, 0.05) is 12.2 Å². The van der Waals surface area contributed by atoms with Crippen LogP contribution in [0.2, 0.25) is 0 Å². The highest BCUT2D eigenvalue weighted by Gasteiger charge is 2.27. The van der Waals surface area contributed by atoms with Gasteiger partial charge in [-0.3, -0.25) is 5.43 Å². The van der Waals surface area contributed by atoms with Crippen molar-refractivity contribution in [3.05, 3.63) is 10.7 Å². The number of aliphatic hydroxyl groups is 1. The van der Waals surface area contributed by atoms with Crippen molar-refractivity contribution in [3.8, 4) is 0 Å². The third-order valence-corrected chi connectivity index (χ3v) is 2.91. The average Bonchev–Trinajstić information content (AvgIpc) is 2.19. The van der Waals surface area contributed by atoms with E-state index in [9.17, 15) is 0 Å². The van der Waals surface area contributed by atoms with E-state index in [0.717, 1.165) is 17.3 Å². The summed E-state index contributed by atoms with van der Waals surface area (Å²) >= 11 is 3.34. The molecule has 2 rings (SSSR count). The number of hydrogen-bond acceptors (Lipinski definition) is 6. The van der Waals surface area contributed by atoms with E-state index in [4.69, 9.17) is 10.9 Å². The summed E-state index contributed by atoms with van der Waals surface area (Å²) in [4.78, 5) is 8.09. The molecule has 0 bridgehead atoms. The molecular formula is C8H12BrN5O. The number of nitrogens with one attached hydrogen (secondary N) is 2. The van der Waals surface area contributed by atoms with Crippen molar-refractivity contribution in [2.45, 2.75) is 25.0 Å². The summed E-state index contributed by atoms with van der Waals surface area (Å²) in [7, 11) is 0. The summed E-state index contributed by atoms with van der Waals surface area (Å²) < 4.78 is 0.780. The first-order chi connectivity index (χ1) is 7.19. The lowest BCUT2D eigenvalue weighted by Gasteiger charge is -2.32. The van der Waals surface area contributed by atoms with Crippen molar-refractivity contribution in [3.63, 3.8) is 0 Å². The van der Waals surface area contributed by atoms with Crippen LogP contribution in [-0.2, 0) is 0 Å². The Hall–Kier alpha value is -0.920. The third kappa shape index (κ3) is 2.36. The quantitative estimate of drug-likeness (QED) is 0.472. The van der Waals surface area contributed by atoms with Crippen LogP contribution in [0.3, 0.4) is 0 Å². The predicted octanol–water partition coefficient (Wildman–Crippen LogP) is 0.460. The van der Waals surface area contributed by atoms with E-state index in [0.29, 0.717) is 11.8 Å². The van der Waals surface area contributed by atoms with Gasteiger partial charge in [0.1, 0.15) is 5.82 Å². The zero-order valence-corrected chi connectivity index (χ0v) is 9.53. The topological polar surface area (TPSA) is 96.1 Å². The highest BCUT2D eigenvalue weighted by atomic mass is 79.9. The van der Waals surface area contributed by atoms with Crippen molar-refractivity contribution in [1.29, 1.82) is 0 Å². The zero-order valence-electron chi connectivity index (χ0n) is 7.94. The zero-order chi connectivity index (χ0) is 10.8. The second kappa shape index (κ2) is 4.30. The second-order valence-electron chi connectivity index (χ2n) is 3.50. The fourth-order valence-electron chi connectivity index (χ4n) is 1.44. The van der Waals surface area contributed by atoms with E-state index in [1.807, 2.05) is 0 Å². The molecule has 0 amide bonds. The summed E-state index contributed by atoms with van der Waals surface area (Å²) in [5.74, 6) is 6.26. The van der Waals surface area contributed by atoms with Crippen molar-refractivity contribution in [2.24, 2.45) is 5.84 Å². The smallest absolute Gasteiger partial charge is 0.239 e. The standard InChI is InChI=1S/C8H12BrN5O/c9-6-3-11-8(14-10)13-7(6)12-4-1-5(15)2-4/h3-5,15H,1-2,10H2,(H2,11,12,13,14). The molecule has 1 saturated carbocycles. The largest absolute Gasteiger partial charge is 0.393 e. The molecule has 1 aliphatic rings. The molecule has 1 aromatic rings. The molecule has 0 aromatic carbocycles. The van der Waals surface area contributed by atoms with Gasteiger partial charge in [-0.2, -0.15) is 4.98 Å². The second-order valence-corrected chi connectivity index (χ2v) is 4.36. The van der Waals surface area contributed by atoms with Gasteiger partial charge in [-0.05, 0) is 28.8 Å². The van der Waals surface area contributed by atoms with Crippen LogP contribution in [0.25, 0.3) is 0 Å². The SMILES string of the molecule is NNc1ncc(Br)c(NC2CC(O)C2)n1. The van der Waals surface area contributed by atoms with Crippen LogP contribution in [0.15, 0.2) is 10.7 Å². The minimum Gasteiger partial charge on any atom is -0.393 e. The lowest BCUT2D eigenvalue weighted by molar-refractivity contribution is 0.0835. The first-order valence-corrected chi connectivity index (χ1v) is 5.42. The summed E-state index contributed by atoms with van der Waals surface area (Å²) in [5, 5.41) is 12.3. The number of aromatic nitrogens is 2. The van der Waals surface area contributed by atoms with Crippen molar-refractivity contribution < 1.29 is 5.11 Å². The molecule has 0 radical (unpaired) electrons. The van der Waals surface area contributed by atoms with Crippen LogP contribution in [0.4, 0.5) is 11.8 Å². The molecule has 7 heteroatoms. The van der Waals surface area contributed by atoms with Crippen LogP contribution in [0, 0.1) is 0 Å². The van der Waals surface area contributed by atoms with E-state index in [-0.39, 0.29) is 12.1 Å². The van der Waals surface area contributed by atoms with E-state index >= 15 is 0 Å². The Morgan fingerprint density at radius 3 is 2.87 bits per heavy atom. The van der Waals surface area contributed by atoms with Crippen LogP contribution < -0.4 is 16.6 Å². The normalized spacial score (nSPS) is 24.5. The summed E-state index contributed by atoms with van der Waals surface area (Å²) in [6.07, 6.45) is 2.94. The first kappa shape index (κ1) is 10.6. The molecule has 6 nitrogen and oxygen atoms in total. The number of anilines is 2. The maximum absolute atomic E-state index is 9.15. The van der Waals surface area contributed by atoms with E-state index in [2.05, 4.69) is 36.6 Å². The Morgan fingerprint density at radius 2 is 2.27 bits per heavy atom. The lowest BCUT2D eigenvalue weighted by atomic mass is 9.89. The molecule has 0 spiro atoms. The van der Waals surface area contributed by atoms with Gasteiger partial charge in [0.25, 0.3) is 0 Å². The van der Waals surface area contributed by atoms with Gasteiger partial charge in [-0.1, -0.05) is 0 Å². The molecular weight excluding hydrogens is 262 g/mol. The van der Waals surface area contributed by atoms with Gasteiger partial charge < -0.3 is 10.4 Å². The number of nitrogens with zero attached hydrogens (tertiary/aromatic N) is 2. The Labute approximate surface area is 95.4 Å².